The van der Waals surface area contributed by atoms with Crippen molar-refractivity contribution < 1.29 is 4.74 Å². The van der Waals surface area contributed by atoms with Crippen LogP contribution in [0.5, 0.6) is 5.75 Å². The number of guanidine groups is 1. The number of nitrogens with zero attached hydrogens (tertiary/aromatic N) is 1. The zero-order chi connectivity index (χ0) is 15.8. The third-order valence-corrected chi connectivity index (χ3v) is 4.10. The second-order valence-electron chi connectivity index (χ2n) is 4.40. The van der Waals surface area contributed by atoms with Gasteiger partial charge in [0, 0.05) is 16.3 Å². The molecule has 4 nitrogen and oxygen atoms in total. The molecule has 0 radical (unpaired) electrons. The minimum absolute atomic E-state index is 0.370. The quantitative estimate of drug-likeness (QED) is 0.364. The van der Waals surface area contributed by atoms with E-state index in [2.05, 4.69) is 22.4 Å². The molecule has 6 heteroatoms. The van der Waals surface area contributed by atoms with E-state index in [1.165, 1.54) is 4.90 Å². The average molecular weight is 336 g/mol. The molecule has 0 heterocycles. The molecule has 2 aromatic carbocycles. The fraction of sp³-hybridized carbons (Fsp3) is 0.188. The van der Waals surface area contributed by atoms with Crippen molar-refractivity contribution in [2.24, 2.45) is 10.7 Å². The molecule has 2 aromatic rings. The highest BCUT2D eigenvalue weighted by molar-refractivity contribution is 7.99. The summed E-state index contributed by atoms with van der Waals surface area (Å²) in [5.74, 6) is 1.87. The fourth-order valence-electron chi connectivity index (χ4n) is 1.78. The molecule has 116 valence electrons. The van der Waals surface area contributed by atoms with Crippen LogP contribution in [0.15, 0.2) is 58.4 Å². The molecular weight excluding hydrogens is 318 g/mol. The lowest BCUT2D eigenvalue weighted by atomic mass is 10.3. The molecule has 0 aliphatic heterocycles. The van der Waals surface area contributed by atoms with E-state index >= 15 is 0 Å². The molecule has 0 saturated heterocycles. The Balaban J connectivity index is 1.81. The van der Waals surface area contributed by atoms with Crippen LogP contribution in [0, 0.1) is 0 Å². The van der Waals surface area contributed by atoms with Crippen molar-refractivity contribution in [1.29, 1.82) is 0 Å². The molecule has 0 aliphatic carbocycles. The molecule has 2 rings (SSSR count). The SMILES string of the molecule is COc1ccc(NC(N)=NCCSc2ccccc2)cc1Cl. The highest BCUT2D eigenvalue weighted by atomic mass is 35.5. The number of rotatable bonds is 6. The number of benzene rings is 2. The predicted octanol–water partition coefficient (Wildman–Crippen LogP) is 3.87. The summed E-state index contributed by atoms with van der Waals surface area (Å²) in [7, 11) is 1.58. The van der Waals surface area contributed by atoms with Gasteiger partial charge in [0.05, 0.1) is 18.7 Å². The van der Waals surface area contributed by atoms with Gasteiger partial charge in [-0.2, -0.15) is 0 Å². The topological polar surface area (TPSA) is 59.6 Å². The molecule has 0 fully saturated rings. The van der Waals surface area contributed by atoms with Crippen LogP contribution in [0.4, 0.5) is 5.69 Å². The van der Waals surface area contributed by atoms with Crippen molar-refractivity contribution in [3.05, 3.63) is 53.6 Å². The lowest BCUT2D eigenvalue weighted by Crippen LogP contribution is -2.23. The third-order valence-electron chi connectivity index (χ3n) is 2.81. The molecule has 0 spiro atoms. The number of thioether (sulfide) groups is 1. The number of anilines is 1. The van der Waals surface area contributed by atoms with Crippen LogP contribution in [0.25, 0.3) is 0 Å². The van der Waals surface area contributed by atoms with Crippen LogP contribution in [-0.2, 0) is 0 Å². The highest BCUT2D eigenvalue weighted by Crippen LogP contribution is 2.27. The first-order valence-corrected chi connectivity index (χ1v) is 8.13. The number of aliphatic imine (C=N–C) groups is 1. The predicted molar refractivity (Wildman–Crippen MR) is 95.3 cm³/mol. The lowest BCUT2D eigenvalue weighted by Gasteiger charge is -2.08. The van der Waals surface area contributed by atoms with Gasteiger partial charge in [-0.05, 0) is 30.3 Å². The molecular formula is C16H18ClN3OS. The Kier molecular flexibility index (Phi) is 6.43. The zero-order valence-corrected chi connectivity index (χ0v) is 13.8. The zero-order valence-electron chi connectivity index (χ0n) is 12.3. The Morgan fingerprint density at radius 1 is 1.27 bits per heavy atom. The Morgan fingerprint density at radius 2 is 2.05 bits per heavy atom. The summed E-state index contributed by atoms with van der Waals surface area (Å²) in [6.07, 6.45) is 0. The first-order chi connectivity index (χ1) is 10.7. The maximum absolute atomic E-state index is 6.06. The van der Waals surface area contributed by atoms with Crippen molar-refractivity contribution in [2.75, 3.05) is 24.7 Å². The monoisotopic (exact) mass is 335 g/mol. The van der Waals surface area contributed by atoms with E-state index in [9.17, 15) is 0 Å². The number of nitrogens with one attached hydrogen (secondary N) is 1. The number of nitrogens with two attached hydrogens (primary N) is 1. The van der Waals surface area contributed by atoms with Gasteiger partial charge in [0.15, 0.2) is 5.96 Å². The van der Waals surface area contributed by atoms with Gasteiger partial charge in [0.25, 0.3) is 0 Å². The Labute approximate surface area is 139 Å². The summed E-state index contributed by atoms with van der Waals surface area (Å²) in [4.78, 5) is 5.52. The summed E-state index contributed by atoms with van der Waals surface area (Å²) in [6, 6.07) is 15.6. The first kappa shape index (κ1) is 16.5. The third kappa shape index (κ3) is 5.16. The highest BCUT2D eigenvalue weighted by Gasteiger charge is 2.02. The fourth-order valence-corrected chi connectivity index (χ4v) is 2.80. The van der Waals surface area contributed by atoms with Crippen LogP contribution < -0.4 is 15.8 Å². The van der Waals surface area contributed by atoms with Gasteiger partial charge in [0.1, 0.15) is 5.75 Å². The van der Waals surface area contributed by atoms with E-state index in [0.717, 1.165) is 11.4 Å². The van der Waals surface area contributed by atoms with Gasteiger partial charge < -0.3 is 15.8 Å². The summed E-state index contributed by atoms with van der Waals surface area (Å²) in [5, 5.41) is 3.54. The maximum Gasteiger partial charge on any atom is 0.193 e. The largest absolute Gasteiger partial charge is 0.495 e. The number of hydrogen-bond donors (Lipinski definition) is 2. The molecule has 0 unspecified atom stereocenters. The van der Waals surface area contributed by atoms with Crippen molar-refractivity contribution >= 4 is 35.0 Å². The summed E-state index contributed by atoms with van der Waals surface area (Å²) in [6.45, 7) is 0.641. The molecule has 0 saturated carbocycles. The molecule has 0 aromatic heterocycles. The van der Waals surface area contributed by atoms with Crippen LogP contribution in [0.3, 0.4) is 0 Å². The van der Waals surface area contributed by atoms with Crippen molar-refractivity contribution in [2.45, 2.75) is 4.90 Å². The second kappa shape index (κ2) is 8.56. The summed E-state index contributed by atoms with van der Waals surface area (Å²) < 4.78 is 5.10. The number of ether oxygens (including phenoxy) is 1. The van der Waals surface area contributed by atoms with Gasteiger partial charge >= 0.3 is 0 Å². The standard InChI is InChI=1S/C16H18ClN3OS/c1-21-15-8-7-12(11-14(15)17)20-16(18)19-9-10-22-13-5-3-2-4-6-13/h2-8,11H,9-10H2,1H3,(H3,18,19,20). The van der Waals surface area contributed by atoms with Crippen LogP contribution in [0.1, 0.15) is 0 Å². The molecule has 0 aliphatic rings. The van der Waals surface area contributed by atoms with Crippen LogP contribution >= 0.6 is 23.4 Å². The molecule has 22 heavy (non-hydrogen) atoms. The Bertz CT molecular complexity index is 635. The van der Waals surface area contributed by atoms with E-state index in [-0.39, 0.29) is 0 Å². The normalized spacial score (nSPS) is 11.3. The smallest absolute Gasteiger partial charge is 0.193 e. The van der Waals surface area contributed by atoms with Crippen LogP contribution in [-0.4, -0.2) is 25.4 Å². The molecule has 0 amide bonds. The van der Waals surface area contributed by atoms with Crippen LogP contribution in [0.2, 0.25) is 5.02 Å². The van der Waals surface area contributed by atoms with Crippen molar-refractivity contribution in [3.63, 3.8) is 0 Å². The number of methoxy groups -OCH3 is 1. The van der Waals surface area contributed by atoms with Gasteiger partial charge in [-0.3, -0.25) is 4.99 Å². The van der Waals surface area contributed by atoms with E-state index in [4.69, 9.17) is 22.1 Å². The molecule has 0 atom stereocenters. The van der Waals surface area contributed by atoms with Gasteiger partial charge in [-0.15, -0.1) is 11.8 Å². The maximum atomic E-state index is 6.06. The first-order valence-electron chi connectivity index (χ1n) is 6.77. The Morgan fingerprint density at radius 3 is 2.73 bits per heavy atom. The summed E-state index contributed by atoms with van der Waals surface area (Å²) >= 11 is 7.81. The van der Waals surface area contributed by atoms with E-state index in [1.807, 2.05) is 24.3 Å². The average Bonchev–Trinajstić information content (AvgIpc) is 2.53. The second-order valence-corrected chi connectivity index (χ2v) is 5.98. The number of halogens is 1. The number of hydrogen-bond acceptors (Lipinski definition) is 3. The minimum atomic E-state index is 0.370. The Hall–Kier alpha value is -1.85. The lowest BCUT2D eigenvalue weighted by molar-refractivity contribution is 0.415. The van der Waals surface area contributed by atoms with E-state index in [0.29, 0.717) is 23.3 Å². The summed E-state index contributed by atoms with van der Waals surface area (Å²) in [5.41, 5.74) is 6.64. The van der Waals surface area contributed by atoms with Gasteiger partial charge in [-0.1, -0.05) is 29.8 Å². The van der Waals surface area contributed by atoms with E-state index < -0.39 is 0 Å². The minimum Gasteiger partial charge on any atom is -0.495 e. The van der Waals surface area contributed by atoms with Crippen molar-refractivity contribution in [3.8, 4) is 5.75 Å². The molecule has 3 N–H and O–H groups in total. The van der Waals surface area contributed by atoms with Gasteiger partial charge in [0.2, 0.25) is 0 Å². The molecule has 0 bridgehead atoms. The van der Waals surface area contributed by atoms with E-state index in [1.54, 1.807) is 31.0 Å². The van der Waals surface area contributed by atoms with Crippen molar-refractivity contribution in [1.82, 2.24) is 0 Å². The van der Waals surface area contributed by atoms with Gasteiger partial charge in [-0.25, -0.2) is 0 Å².